The van der Waals surface area contributed by atoms with Crippen LogP contribution in [0.15, 0.2) is 36.5 Å². The highest BCUT2D eigenvalue weighted by atomic mass is 16.6. The Morgan fingerprint density at radius 1 is 1.38 bits per heavy atom. The Kier molecular flexibility index (Phi) is 6.19. The first-order valence-corrected chi connectivity index (χ1v) is 8.58. The molecule has 1 aromatic heterocycles. The van der Waals surface area contributed by atoms with E-state index in [0.29, 0.717) is 12.3 Å². The summed E-state index contributed by atoms with van der Waals surface area (Å²) in [4.78, 5) is 40.5. The second-order valence-corrected chi connectivity index (χ2v) is 5.92. The third kappa shape index (κ3) is 4.76. The van der Waals surface area contributed by atoms with E-state index < -0.39 is 16.7 Å². The predicted molar refractivity (Wildman–Crippen MR) is 101 cm³/mol. The van der Waals surface area contributed by atoms with E-state index in [1.165, 1.54) is 31.5 Å². The van der Waals surface area contributed by atoms with Crippen LogP contribution in [0.1, 0.15) is 0 Å². The molecule has 2 amide bonds. The van der Waals surface area contributed by atoms with Crippen molar-refractivity contribution in [1.82, 2.24) is 4.98 Å². The highest BCUT2D eigenvalue weighted by Gasteiger charge is 2.29. The van der Waals surface area contributed by atoms with Gasteiger partial charge in [-0.15, -0.1) is 0 Å². The van der Waals surface area contributed by atoms with Gasteiger partial charge in [0.25, 0.3) is 11.6 Å². The van der Waals surface area contributed by atoms with Crippen molar-refractivity contribution < 1.29 is 28.7 Å². The molecule has 11 heteroatoms. The fraction of sp³-hybridized carbons (Fsp3) is 0.278. The molecule has 1 aliphatic rings. The van der Waals surface area contributed by atoms with Crippen molar-refractivity contribution in [1.29, 1.82) is 0 Å². The number of carbonyl (C=O) groups is 2. The number of rotatable bonds is 8. The largest absolute Gasteiger partial charge is 0.482 e. The maximum atomic E-state index is 12.5. The monoisotopic (exact) mass is 402 g/mol. The molecule has 1 aliphatic heterocycles. The maximum Gasteiger partial charge on any atom is 0.271 e. The van der Waals surface area contributed by atoms with Crippen LogP contribution in [0.4, 0.5) is 17.1 Å². The molecule has 11 nitrogen and oxygen atoms in total. The van der Waals surface area contributed by atoms with Crippen LogP contribution in [0.5, 0.6) is 11.6 Å². The van der Waals surface area contributed by atoms with Crippen LogP contribution in [0.25, 0.3) is 0 Å². The summed E-state index contributed by atoms with van der Waals surface area (Å²) in [6.45, 7) is -0.0314. The van der Waals surface area contributed by atoms with Crippen molar-refractivity contribution in [2.24, 2.45) is 0 Å². The predicted octanol–water partition coefficient (Wildman–Crippen LogP) is 1.38. The van der Waals surface area contributed by atoms with Gasteiger partial charge in [0.05, 0.1) is 17.2 Å². The lowest BCUT2D eigenvalue weighted by molar-refractivity contribution is -0.384. The first-order chi connectivity index (χ1) is 14.0. The summed E-state index contributed by atoms with van der Waals surface area (Å²) in [5, 5.41) is 13.7. The zero-order valence-electron chi connectivity index (χ0n) is 15.5. The number of ether oxygens (including phenoxy) is 3. The van der Waals surface area contributed by atoms with Gasteiger partial charge in [-0.3, -0.25) is 24.6 Å². The molecule has 3 rings (SSSR count). The van der Waals surface area contributed by atoms with E-state index in [1.54, 1.807) is 12.1 Å². The van der Waals surface area contributed by atoms with E-state index in [4.69, 9.17) is 14.2 Å². The number of pyridine rings is 1. The van der Waals surface area contributed by atoms with Gasteiger partial charge in [0.1, 0.15) is 24.6 Å². The van der Waals surface area contributed by atoms with Crippen LogP contribution in [-0.4, -0.2) is 55.2 Å². The molecule has 0 aliphatic carbocycles. The third-order valence-electron chi connectivity index (χ3n) is 3.97. The van der Waals surface area contributed by atoms with Crippen LogP contribution in [0.3, 0.4) is 0 Å². The summed E-state index contributed by atoms with van der Waals surface area (Å²) in [5.74, 6) is -0.520. The lowest BCUT2D eigenvalue weighted by Crippen LogP contribution is -2.43. The van der Waals surface area contributed by atoms with Crippen molar-refractivity contribution >= 4 is 28.9 Å². The molecule has 0 spiro atoms. The standard InChI is InChI=1S/C18H18N4O7/c1-27-7-8-28-18-13(3-2-6-19-18)20-16(23)10-21-14-9-12(22(25)26)4-5-15(14)29-11-17(21)24/h2-6,9H,7-8,10-11H2,1H3,(H,20,23). The summed E-state index contributed by atoms with van der Waals surface area (Å²) in [6.07, 6.45) is 1.51. The third-order valence-corrected chi connectivity index (χ3v) is 3.97. The molecule has 0 atom stereocenters. The molecular weight excluding hydrogens is 384 g/mol. The summed E-state index contributed by atoms with van der Waals surface area (Å²) in [6, 6.07) is 7.09. The fourth-order valence-electron chi connectivity index (χ4n) is 2.63. The molecule has 0 fully saturated rings. The van der Waals surface area contributed by atoms with E-state index in [2.05, 4.69) is 10.3 Å². The van der Waals surface area contributed by atoms with Gasteiger partial charge < -0.3 is 19.5 Å². The van der Waals surface area contributed by atoms with E-state index in [1.807, 2.05) is 0 Å². The lowest BCUT2D eigenvalue weighted by atomic mass is 10.2. The second-order valence-electron chi connectivity index (χ2n) is 5.92. The summed E-state index contributed by atoms with van der Waals surface area (Å²) < 4.78 is 15.7. The molecular formula is C18H18N4O7. The number of fused-ring (bicyclic) bond motifs is 1. The fourth-order valence-corrected chi connectivity index (χ4v) is 2.63. The quantitative estimate of drug-likeness (QED) is 0.398. The van der Waals surface area contributed by atoms with Gasteiger partial charge in [0.2, 0.25) is 11.8 Å². The highest BCUT2D eigenvalue weighted by Crippen LogP contribution is 2.35. The molecule has 0 saturated carbocycles. The number of nitro groups is 1. The van der Waals surface area contributed by atoms with Gasteiger partial charge >= 0.3 is 0 Å². The number of nitrogens with one attached hydrogen (secondary N) is 1. The van der Waals surface area contributed by atoms with Crippen LogP contribution in [-0.2, 0) is 14.3 Å². The molecule has 0 bridgehead atoms. The van der Waals surface area contributed by atoms with Crippen LogP contribution >= 0.6 is 0 Å². The molecule has 2 aromatic rings. The number of hydrogen-bond donors (Lipinski definition) is 1. The summed E-state index contributed by atoms with van der Waals surface area (Å²) in [5.41, 5.74) is 0.274. The van der Waals surface area contributed by atoms with Crippen molar-refractivity contribution in [2.75, 3.05) is 43.7 Å². The van der Waals surface area contributed by atoms with Gasteiger partial charge in [-0.05, 0) is 18.2 Å². The van der Waals surface area contributed by atoms with E-state index in [-0.39, 0.29) is 42.8 Å². The Bertz CT molecular complexity index is 934. The number of non-ortho nitro benzene ring substituents is 1. The molecule has 152 valence electrons. The van der Waals surface area contributed by atoms with Gasteiger partial charge in [-0.25, -0.2) is 4.98 Å². The molecule has 0 saturated heterocycles. The topological polar surface area (TPSA) is 133 Å². The first-order valence-electron chi connectivity index (χ1n) is 8.58. The van der Waals surface area contributed by atoms with Crippen molar-refractivity contribution in [2.45, 2.75) is 0 Å². The van der Waals surface area contributed by atoms with E-state index in [0.717, 1.165) is 4.90 Å². The normalized spacial score (nSPS) is 12.7. The van der Waals surface area contributed by atoms with Gasteiger partial charge in [-0.1, -0.05) is 0 Å². The number of aromatic nitrogens is 1. The number of nitro benzene ring substituents is 1. The average Bonchev–Trinajstić information content (AvgIpc) is 2.71. The molecule has 0 radical (unpaired) electrons. The minimum atomic E-state index is -0.586. The number of amides is 2. The summed E-state index contributed by atoms with van der Waals surface area (Å²) >= 11 is 0. The van der Waals surface area contributed by atoms with Crippen molar-refractivity contribution in [3.05, 3.63) is 46.6 Å². The van der Waals surface area contributed by atoms with Crippen molar-refractivity contribution in [3.8, 4) is 11.6 Å². The number of anilines is 2. The Morgan fingerprint density at radius 2 is 2.21 bits per heavy atom. The van der Waals surface area contributed by atoms with Gasteiger partial charge in [0, 0.05) is 25.4 Å². The van der Waals surface area contributed by atoms with Gasteiger partial charge in [0.15, 0.2) is 6.61 Å². The van der Waals surface area contributed by atoms with Gasteiger partial charge in [-0.2, -0.15) is 0 Å². The van der Waals surface area contributed by atoms with E-state index in [9.17, 15) is 19.7 Å². The Hall–Kier alpha value is -3.73. The highest BCUT2D eigenvalue weighted by molar-refractivity contribution is 6.05. The van der Waals surface area contributed by atoms with Crippen molar-refractivity contribution in [3.63, 3.8) is 0 Å². The average molecular weight is 402 g/mol. The minimum absolute atomic E-state index is 0.161. The minimum Gasteiger partial charge on any atom is -0.482 e. The number of benzene rings is 1. The molecule has 1 aromatic carbocycles. The summed E-state index contributed by atoms with van der Waals surface area (Å²) in [7, 11) is 1.53. The molecule has 29 heavy (non-hydrogen) atoms. The van der Waals surface area contributed by atoms with Crippen LogP contribution in [0, 0.1) is 10.1 Å². The molecule has 1 N–H and O–H groups in total. The Labute approximate surface area is 165 Å². The second kappa shape index (κ2) is 8.97. The maximum absolute atomic E-state index is 12.5. The van der Waals surface area contributed by atoms with Crippen LogP contribution in [0.2, 0.25) is 0 Å². The number of hydrogen-bond acceptors (Lipinski definition) is 8. The first kappa shape index (κ1) is 20.0. The molecule has 2 heterocycles. The number of nitrogens with zero attached hydrogens (tertiary/aromatic N) is 3. The Morgan fingerprint density at radius 3 is 2.97 bits per heavy atom. The Balaban J connectivity index is 1.76. The number of methoxy groups -OCH3 is 1. The van der Waals surface area contributed by atoms with E-state index >= 15 is 0 Å². The SMILES string of the molecule is COCCOc1ncccc1NC(=O)CN1C(=O)COc2ccc([N+](=O)[O-])cc21. The smallest absolute Gasteiger partial charge is 0.271 e. The zero-order valence-corrected chi connectivity index (χ0v) is 15.5. The number of carbonyl (C=O) groups excluding carboxylic acids is 2. The molecule has 0 unspecified atom stereocenters. The lowest BCUT2D eigenvalue weighted by Gasteiger charge is -2.28. The van der Waals surface area contributed by atoms with Crippen LogP contribution < -0.4 is 19.7 Å². The zero-order chi connectivity index (χ0) is 20.8.